The number of hydrogen-bond acceptors (Lipinski definition) is 4. The summed E-state index contributed by atoms with van der Waals surface area (Å²) in [6.07, 6.45) is 14.0. The molecular formula is C32H47N3O2. The molecule has 202 valence electrons. The van der Waals surface area contributed by atoms with Gasteiger partial charge in [0.2, 0.25) is 0 Å². The van der Waals surface area contributed by atoms with Crippen LogP contribution >= 0.6 is 0 Å². The molecular weight excluding hydrogens is 458 g/mol. The highest BCUT2D eigenvalue weighted by Crippen LogP contribution is 2.75. The van der Waals surface area contributed by atoms with E-state index in [1.54, 1.807) is 6.33 Å². The summed E-state index contributed by atoms with van der Waals surface area (Å²) in [5.74, 6) is 0.679. The van der Waals surface area contributed by atoms with Crippen LogP contribution in [0.5, 0.6) is 0 Å². The third-order valence-electron chi connectivity index (χ3n) is 13.7. The van der Waals surface area contributed by atoms with E-state index in [1.165, 1.54) is 29.7 Å². The van der Waals surface area contributed by atoms with Gasteiger partial charge in [-0.05, 0) is 97.9 Å². The maximum Gasteiger partial charge on any atom is 0.310 e. The lowest BCUT2D eigenvalue weighted by molar-refractivity contribution is -0.181. The van der Waals surface area contributed by atoms with Crippen molar-refractivity contribution in [2.45, 2.75) is 111 Å². The van der Waals surface area contributed by atoms with E-state index in [0.717, 1.165) is 38.5 Å². The van der Waals surface area contributed by atoms with Crippen molar-refractivity contribution in [3.8, 4) is 0 Å². The predicted octanol–water partition coefficient (Wildman–Crippen LogP) is 6.31. The number of rotatable bonds is 1. The summed E-state index contributed by atoms with van der Waals surface area (Å²) in [7, 11) is 0. The van der Waals surface area contributed by atoms with Crippen LogP contribution in [0.3, 0.4) is 0 Å². The van der Waals surface area contributed by atoms with Gasteiger partial charge >= 0.3 is 5.97 Å². The molecule has 0 saturated heterocycles. The number of nitrogens with two attached hydrogens (primary N) is 1. The summed E-state index contributed by atoms with van der Waals surface area (Å²) < 4.78 is 0. The smallest absolute Gasteiger partial charge is 0.310 e. The Morgan fingerprint density at radius 3 is 2.46 bits per heavy atom. The number of carboxylic acid groups (broad SMARTS) is 1. The summed E-state index contributed by atoms with van der Waals surface area (Å²) in [6.45, 7) is 16.8. The molecule has 0 aliphatic heterocycles. The van der Waals surface area contributed by atoms with Crippen LogP contribution in [0.2, 0.25) is 0 Å². The van der Waals surface area contributed by atoms with Crippen LogP contribution in [0.4, 0.5) is 0 Å². The number of carboxylic acids is 1. The molecule has 0 spiro atoms. The van der Waals surface area contributed by atoms with Gasteiger partial charge in [-0.25, -0.2) is 9.97 Å². The van der Waals surface area contributed by atoms with Gasteiger partial charge in [0.05, 0.1) is 11.1 Å². The van der Waals surface area contributed by atoms with Crippen molar-refractivity contribution in [1.82, 2.24) is 9.97 Å². The monoisotopic (exact) mass is 505 g/mol. The van der Waals surface area contributed by atoms with Crippen LogP contribution in [0, 0.1) is 45.3 Å². The standard InChI is InChI=1S/C32H47N3O2/c1-19-10-13-32(26(36)37)15-14-29(5)21(24(32)31(19,7)33)8-9-23-28(4)16-20-17-34-18-35-25(20)27(2,3)22(28)11-12-30(23,29)6/h8,17-19,22-24H,9-16,33H2,1-7H3,(H,36,37). The average molecular weight is 506 g/mol. The number of hydrogen-bond donors (Lipinski definition) is 2. The van der Waals surface area contributed by atoms with Gasteiger partial charge in [-0.1, -0.05) is 53.2 Å². The van der Waals surface area contributed by atoms with Crippen LogP contribution in [-0.2, 0) is 16.6 Å². The zero-order valence-electron chi connectivity index (χ0n) is 24.0. The highest BCUT2D eigenvalue weighted by molar-refractivity contribution is 5.77. The minimum atomic E-state index is -0.727. The van der Waals surface area contributed by atoms with E-state index in [4.69, 9.17) is 10.7 Å². The SMILES string of the molecule is CC1CCC2(C(=O)O)CCC3(C)C(=CCC4C5(C)Cc6cncnc6C(C)(C)C5CCC43C)C2C1(C)N. The van der Waals surface area contributed by atoms with Crippen molar-refractivity contribution < 1.29 is 9.90 Å². The van der Waals surface area contributed by atoms with Crippen molar-refractivity contribution in [2.24, 2.45) is 51.1 Å². The van der Waals surface area contributed by atoms with Crippen LogP contribution in [0.25, 0.3) is 0 Å². The quantitative estimate of drug-likeness (QED) is 0.436. The van der Waals surface area contributed by atoms with Crippen LogP contribution in [0.15, 0.2) is 24.2 Å². The first kappa shape index (κ1) is 25.5. The van der Waals surface area contributed by atoms with Crippen LogP contribution in [-0.4, -0.2) is 26.6 Å². The largest absolute Gasteiger partial charge is 0.481 e. The molecule has 3 fully saturated rings. The molecule has 3 N–H and O–H groups in total. The van der Waals surface area contributed by atoms with E-state index < -0.39 is 16.9 Å². The molecule has 5 aliphatic carbocycles. The van der Waals surface area contributed by atoms with Gasteiger partial charge in [-0.3, -0.25) is 4.79 Å². The molecule has 1 heterocycles. The first-order valence-corrected chi connectivity index (χ1v) is 14.7. The van der Waals surface area contributed by atoms with Crippen molar-refractivity contribution in [2.75, 3.05) is 0 Å². The topological polar surface area (TPSA) is 89.1 Å². The van der Waals surface area contributed by atoms with E-state index in [9.17, 15) is 9.90 Å². The Morgan fingerprint density at radius 2 is 1.76 bits per heavy atom. The number of aromatic nitrogens is 2. The third kappa shape index (κ3) is 2.88. The number of aliphatic carboxylic acids is 1. The molecule has 5 heteroatoms. The first-order valence-electron chi connectivity index (χ1n) is 14.7. The maximum absolute atomic E-state index is 13.0. The molecule has 0 amide bonds. The van der Waals surface area contributed by atoms with E-state index in [2.05, 4.69) is 65.7 Å². The number of fused-ring (bicyclic) bond motifs is 8. The van der Waals surface area contributed by atoms with Gasteiger partial charge in [-0.15, -0.1) is 0 Å². The Hall–Kier alpha value is -1.75. The lowest BCUT2D eigenvalue weighted by Crippen LogP contribution is -2.69. The molecule has 37 heavy (non-hydrogen) atoms. The molecule has 0 radical (unpaired) electrons. The molecule has 6 rings (SSSR count). The van der Waals surface area contributed by atoms with Crippen LogP contribution in [0.1, 0.15) is 105 Å². The molecule has 0 aromatic carbocycles. The minimum Gasteiger partial charge on any atom is -0.481 e. The first-order chi connectivity index (χ1) is 17.2. The molecule has 1 aromatic heterocycles. The highest BCUT2D eigenvalue weighted by Gasteiger charge is 2.70. The second kappa shape index (κ2) is 7.46. The van der Waals surface area contributed by atoms with E-state index in [1.807, 2.05) is 0 Å². The van der Waals surface area contributed by atoms with Crippen molar-refractivity contribution in [3.63, 3.8) is 0 Å². The summed E-state index contributed by atoms with van der Waals surface area (Å²) in [6, 6.07) is 0. The molecule has 5 nitrogen and oxygen atoms in total. The molecule has 9 unspecified atom stereocenters. The minimum absolute atomic E-state index is 0.0111. The highest BCUT2D eigenvalue weighted by atomic mass is 16.4. The number of carbonyl (C=O) groups is 1. The van der Waals surface area contributed by atoms with Gasteiger partial charge in [0.15, 0.2) is 0 Å². The van der Waals surface area contributed by atoms with Crippen molar-refractivity contribution >= 4 is 5.97 Å². The molecule has 9 atom stereocenters. The predicted molar refractivity (Wildman–Crippen MR) is 146 cm³/mol. The molecule has 0 bridgehead atoms. The summed E-state index contributed by atoms with van der Waals surface area (Å²) in [5.41, 5.74) is 10.1. The van der Waals surface area contributed by atoms with Crippen LogP contribution < -0.4 is 5.73 Å². The third-order valence-corrected chi connectivity index (χ3v) is 13.7. The molecule has 3 saturated carbocycles. The Labute approximate surface area is 223 Å². The normalized spacial score (nSPS) is 49.9. The van der Waals surface area contributed by atoms with Gasteiger partial charge in [0.25, 0.3) is 0 Å². The van der Waals surface area contributed by atoms with Gasteiger partial charge in [0, 0.05) is 23.1 Å². The van der Waals surface area contributed by atoms with E-state index in [-0.39, 0.29) is 27.6 Å². The number of allylic oxidation sites excluding steroid dienone is 1. The van der Waals surface area contributed by atoms with Crippen molar-refractivity contribution in [3.05, 3.63) is 35.4 Å². The van der Waals surface area contributed by atoms with Gasteiger partial charge in [-0.2, -0.15) is 0 Å². The van der Waals surface area contributed by atoms with Crippen molar-refractivity contribution in [1.29, 1.82) is 0 Å². The fraction of sp³-hybridized carbons (Fsp3) is 0.781. The molecule has 5 aliphatic rings. The summed E-state index contributed by atoms with van der Waals surface area (Å²) >= 11 is 0. The second-order valence-electron chi connectivity index (χ2n) is 15.3. The van der Waals surface area contributed by atoms with E-state index >= 15 is 0 Å². The zero-order chi connectivity index (χ0) is 26.8. The maximum atomic E-state index is 13.0. The zero-order valence-corrected chi connectivity index (χ0v) is 24.0. The number of nitrogens with zero attached hydrogens (tertiary/aromatic N) is 2. The summed E-state index contributed by atoms with van der Waals surface area (Å²) in [5, 5.41) is 10.7. The lowest BCUT2D eigenvalue weighted by atomic mass is 9.33. The Balaban J connectivity index is 1.50. The summed E-state index contributed by atoms with van der Waals surface area (Å²) in [4.78, 5) is 22.2. The Kier molecular flexibility index (Phi) is 5.15. The fourth-order valence-electron chi connectivity index (χ4n) is 11.4. The lowest BCUT2D eigenvalue weighted by Gasteiger charge is -2.71. The average Bonchev–Trinajstić information content (AvgIpc) is 2.81. The second-order valence-corrected chi connectivity index (χ2v) is 15.3. The van der Waals surface area contributed by atoms with Gasteiger partial charge < -0.3 is 10.8 Å². The Bertz CT molecular complexity index is 1190. The molecule has 1 aromatic rings. The van der Waals surface area contributed by atoms with Gasteiger partial charge in [0.1, 0.15) is 6.33 Å². The fourth-order valence-corrected chi connectivity index (χ4v) is 11.4. The van der Waals surface area contributed by atoms with E-state index in [0.29, 0.717) is 17.8 Å². The Morgan fingerprint density at radius 1 is 1.03 bits per heavy atom.